The molecule has 3 heteroatoms. The monoisotopic (exact) mass is 207 g/mol. The maximum Gasteiger partial charge on any atom is 0.166 e. The van der Waals surface area contributed by atoms with Crippen LogP contribution in [0.1, 0.15) is 24.2 Å². The molecule has 1 rings (SSSR count). The van der Waals surface area contributed by atoms with E-state index in [2.05, 4.69) is 0 Å². The lowest BCUT2D eigenvalue weighted by Gasteiger charge is -2.08. The molecule has 0 bridgehead atoms. The van der Waals surface area contributed by atoms with Crippen molar-refractivity contribution in [2.45, 2.75) is 13.8 Å². The summed E-state index contributed by atoms with van der Waals surface area (Å²) in [5.74, 6) is 0.748. The maximum absolute atomic E-state index is 11.7. The van der Waals surface area contributed by atoms with Crippen LogP contribution in [-0.4, -0.2) is 18.9 Å². The van der Waals surface area contributed by atoms with E-state index < -0.39 is 0 Å². The van der Waals surface area contributed by atoms with Gasteiger partial charge in [0.25, 0.3) is 0 Å². The summed E-state index contributed by atoms with van der Waals surface area (Å²) in [6, 6.07) is 7.17. The number of ether oxygens (including phenoxy) is 1. The lowest BCUT2D eigenvalue weighted by Crippen LogP contribution is -2.20. The summed E-state index contributed by atoms with van der Waals surface area (Å²) in [5.41, 5.74) is 6.13. The molecule has 0 aliphatic heterocycles. The van der Waals surface area contributed by atoms with E-state index in [0.717, 1.165) is 5.75 Å². The highest BCUT2D eigenvalue weighted by atomic mass is 16.5. The van der Waals surface area contributed by atoms with Crippen molar-refractivity contribution in [2.24, 2.45) is 11.7 Å². The molecule has 0 aromatic heterocycles. The molecule has 0 aliphatic carbocycles. The molecule has 1 atom stereocenters. The quantitative estimate of drug-likeness (QED) is 0.750. The van der Waals surface area contributed by atoms with Crippen LogP contribution in [0.3, 0.4) is 0 Å². The number of Topliss-reactive ketones (excluding diaryl/α,β-unsaturated/α-hetero) is 1. The molecule has 0 saturated heterocycles. The first kappa shape index (κ1) is 11.7. The van der Waals surface area contributed by atoms with Gasteiger partial charge < -0.3 is 10.5 Å². The molecule has 0 amide bonds. The number of hydrogen-bond acceptors (Lipinski definition) is 3. The van der Waals surface area contributed by atoms with E-state index in [-0.39, 0.29) is 11.7 Å². The zero-order valence-electron chi connectivity index (χ0n) is 9.19. The first-order valence-corrected chi connectivity index (χ1v) is 5.16. The van der Waals surface area contributed by atoms with Crippen LogP contribution in [0.5, 0.6) is 5.75 Å². The van der Waals surface area contributed by atoms with Gasteiger partial charge in [0.2, 0.25) is 0 Å². The minimum atomic E-state index is -0.122. The second kappa shape index (κ2) is 5.51. The first-order chi connectivity index (χ1) is 7.19. The van der Waals surface area contributed by atoms with E-state index in [9.17, 15) is 4.79 Å². The van der Waals surface area contributed by atoms with Gasteiger partial charge in [0, 0.05) is 18.0 Å². The van der Waals surface area contributed by atoms with Crippen molar-refractivity contribution in [3.05, 3.63) is 29.8 Å². The van der Waals surface area contributed by atoms with Gasteiger partial charge in [-0.15, -0.1) is 0 Å². The maximum atomic E-state index is 11.7. The average Bonchev–Trinajstić information content (AvgIpc) is 2.28. The van der Waals surface area contributed by atoms with Gasteiger partial charge in [-0.1, -0.05) is 6.92 Å². The largest absolute Gasteiger partial charge is 0.494 e. The lowest BCUT2D eigenvalue weighted by molar-refractivity contribution is 0.0934. The smallest absolute Gasteiger partial charge is 0.166 e. The topological polar surface area (TPSA) is 52.3 Å². The van der Waals surface area contributed by atoms with Crippen molar-refractivity contribution in [1.29, 1.82) is 0 Å². The van der Waals surface area contributed by atoms with E-state index in [4.69, 9.17) is 10.5 Å². The fourth-order valence-corrected chi connectivity index (χ4v) is 1.27. The number of carbonyl (C=O) groups is 1. The van der Waals surface area contributed by atoms with Crippen LogP contribution in [0.4, 0.5) is 0 Å². The minimum absolute atomic E-state index is 0.0838. The molecule has 1 aromatic rings. The van der Waals surface area contributed by atoms with Crippen LogP contribution in [0, 0.1) is 5.92 Å². The van der Waals surface area contributed by atoms with Crippen molar-refractivity contribution in [3.63, 3.8) is 0 Å². The molecule has 0 saturated carbocycles. The van der Waals surface area contributed by atoms with Gasteiger partial charge in [0.05, 0.1) is 6.61 Å². The third kappa shape index (κ3) is 3.06. The van der Waals surface area contributed by atoms with Gasteiger partial charge in [-0.2, -0.15) is 0 Å². The lowest BCUT2D eigenvalue weighted by atomic mass is 10.00. The Hall–Kier alpha value is -1.35. The van der Waals surface area contributed by atoms with E-state index in [1.165, 1.54) is 0 Å². The predicted molar refractivity (Wildman–Crippen MR) is 60.2 cm³/mol. The van der Waals surface area contributed by atoms with E-state index in [0.29, 0.717) is 18.7 Å². The third-order valence-electron chi connectivity index (χ3n) is 2.25. The second-order valence-corrected chi connectivity index (χ2v) is 3.46. The van der Waals surface area contributed by atoms with Crippen LogP contribution in [0.2, 0.25) is 0 Å². The Bertz CT molecular complexity index is 319. The number of rotatable bonds is 5. The van der Waals surface area contributed by atoms with Crippen molar-refractivity contribution < 1.29 is 9.53 Å². The molecule has 15 heavy (non-hydrogen) atoms. The number of nitrogens with two attached hydrogens (primary N) is 1. The van der Waals surface area contributed by atoms with E-state index in [1.807, 2.05) is 13.8 Å². The van der Waals surface area contributed by atoms with Crippen LogP contribution in [-0.2, 0) is 0 Å². The van der Waals surface area contributed by atoms with Crippen molar-refractivity contribution in [3.8, 4) is 5.75 Å². The van der Waals surface area contributed by atoms with Gasteiger partial charge in [-0.05, 0) is 31.2 Å². The summed E-state index contributed by atoms with van der Waals surface area (Å²) in [4.78, 5) is 11.7. The third-order valence-corrected chi connectivity index (χ3v) is 2.25. The second-order valence-electron chi connectivity index (χ2n) is 3.46. The molecule has 82 valence electrons. The van der Waals surface area contributed by atoms with Gasteiger partial charge in [-0.25, -0.2) is 0 Å². The Balaban J connectivity index is 2.75. The number of benzene rings is 1. The number of carbonyl (C=O) groups excluding carboxylic acids is 1. The summed E-state index contributed by atoms with van der Waals surface area (Å²) in [7, 11) is 0. The molecule has 3 nitrogen and oxygen atoms in total. The summed E-state index contributed by atoms with van der Waals surface area (Å²) >= 11 is 0. The molecule has 0 heterocycles. The number of ketones is 1. The van der Waals surface area contributed by atoms with Crippen LogP contribution in [0.15, 0.2) is 24.3 Å². The van der Waals surface area contributed by atoms with Crippen LogP contribution < -0.4 is 10.5 Å². The summed E-state index contributed by atoms with van der Waals surface area (Å²) in [5, 5.41) is 0. The Kier molecular flexibility index (Phi) is 4.31. The van der Waals surface area contributed by atoms with Crippen molar-refractivity contribution in [2.75, 3.05) is 13.2 Å². The molecule has 1 aromatic carbocycles. The average molecular weight is 207 g/mol. The molecule has 0 aliphatic rings. The molecular formula is C12H17NO2. The minimum Gasteiger partial charge on any atom is -0.494 e. The summed E-state index contributed by atoms with van der Waals surface area (Å²) in [6.07, 6.45) is 0. The molecule has 0 spiro atoms. The Morgan fingerprint density at radius 3 is 2.47 bits per heavy atom. The molecule has 0 radical (unpaired) electrons. The standard InChI is InChI=1S/C12H17NO2/c1-3-15-11-6-4-10(5-7-11)12(14)9(2)8-13/h4-7,9H,3,8,13H2,1-2H3. The fourth-order valence-electron chi connectivity index (χ4n) is 1.27. The highest BCUT2D eigenvalue weighted by molar-refractivity contribution is 5.97. The summed E-state index contributed by atoms with van der Waals surface area (Å²) in [6.45, 7) is 4.77. The predicted octanol–water partition coefficient (Wildman–Crippen LogP) is 1.86. The Morgan fingerprint density at radius 2 is 2.00 bits per heavy atom. The van der Waals surface area contributed by atoms with Crippen molar-refractivity contribution >= 4 is 5.78 Å². The van der Waals surface area contributed by atoms with Crippen molar-refractivity contribution in [1.82, 2.24) is 0 Å². The fraction of sp³-hybridized carbons (Fsp3) is 0.417. The highest BCUT2D eigenvalue weighted by Gasteiger charge is 2.12. The van der Waals surface area contributed by atoms with Gasteiger partial charge in [0.15, 0.2) is 5.78 Å². The number of hydrogen-bond donors (Lipinski definition) is 1. The molecule has 0 fully saturated rings. The normalized spacial score (nSPS) is 12.2. The van der Waals surface area contributed by atoms with Crippen LogP contribution >= 0.6 is 0 Å². The van der Waals surface area contributed by atoms with E-state index in [1.54, 1.807) is 24.3 Å². The van der Waals surface area contributed by atoms with Gasteiger partial charge in [-0.3, -0.25) is 4.79 Å². The molecular weight excluding hydrogens is 190 g/mol. The Labute approximate surface area is 90.2 Å². The first-order valence-electron chi connectivity index (χ1n) is 5.16. The molecule has 2 N–H and O–H groups in total. The Morgan fingerprint density at radius 1 is 1.40 bits per heavy atom. The zero-order chi connectivity index (χ0) is 11.3. The summed E-state index contributed by atoms with van der Waals surface area (Å²) < 4.78 is 5.29. The van der Waals surface area contributed by atoms with Gasteiger partial charge in [0.1, 0.15) is 5.75 Å². The molecule has 1 unspecified atom stereocenters. The van der Waals surface area contributed by atoms with Gasteiger partial charge >= 0.3 is 0 Å². The highest BCUT2D eigenvalue weighted by Crippen LogP contribution is 2.14. The SMILES string of the molecule is CCOc1ccc(C(=O)C(C)CN)cc1. The zero-order valence-corrected chi connectivity index (χ0v) is 9.19. The van der Waals surface area contributed by atoms with Crippen LogP contribution in [0.25, 0.3) is 0 Å². The van der Waals surface area contributed by atoms with E-state index >= 15 is 0 Å².